The zero-order valence-corrected chi connectivity index (χ0v) is 13.4. The minimum absolute atomic E-state index is 0.226. The van der Waals surface area contributed by atoms with Crippen LogP contribution in [-0.2, 0) is 16.7 Å². The standard InChI is InChI=1S/C18H28N2O/c1-15(2)21-14-13-20-11-8-18(9-12-20)17-6-4-3-5-16(17)7-10-19-18/h3-6,15,19H,7-14H2,1-2H3. The van der Waals surface area contributed by atoms with Crippen molar-refractivity contribution in [2.75, 3.05) is 32.8 Å². The maximum absolute atomic E-state index is 5.68. The van der Waals surface area contributed by atoms with E-state index in [1.165, 1.54) is 32.4 Å². The van der Waals surface area contributed by atoms with Crippen molar-refractivity contribution in [1.29, 1.82) is 0 Å². The Labute approximate surface area is 128 Å². The van der Waals surface area contributed by atoms with Crippen LogP contribution in [0.5, 0.6) is 0 Å². The van der Waals surface area contributed by atoms with Crippen LogP contribution < -0.4 is 5.32 Å². The molecule has 3 heteroatoms. The van der Waals surface area contributed by atoms with E-state index in [4.69, 9.17) is 4.74 Å². The van der Waals surface area contributed by atoms with E-state index in [2.05, 4.69) is 48.3 Å². The second-order valence-corrected chi connectivity index (χ2v) is 6.68. The van der Waals surface area contributed by atoms with Gasteiger partial charge in [-0.25, -0.2) is 0 Å². The van der Waals surface area contributed by atoms with Gasteiger partial charge in [0, 0.05) is 31.7 Å². The van der Waals surface area contributed by atoms with Crippen molar-refractivity contribution in [3.63, 3.8) is 0 Å². The zero-order valence-electron chi connectivity index (χ0n) is 13.4. The maximum Gasteiger partial charge on any atom is 0.0596 e. The molecule has 21 heavy (non-hydrogen) atoms. The van der Waals surface area contributed by atoms with E-state index >= 15 is 0 Å². The highest BCUT2D eigenvalue weighted by molar-refractivity contribution is 5.36. The minimum atomic E-state index is 0.226. The van der Waals surface area contributed by atoms with Gasteiger partial charge in [-0.15, -0.1) is 0 Å². The topological polar surface area (TPSA) is 24.5 Å². The van der Waals surface area contributed by atoms with Crippen LogP contribution in [-0.4, -0.2) is 43.8 Å². The van der Waals surface area contributed by atoms with E-state index in [1.54, 1.807) is 11.1 Å². The Morgan fingerprint density at radius 2 is 2.00 bits per heavy atom. The molecule has 2 aliphatic rings. The Morgan fingerprint density at radius 3 is 2.76 bits per heavy atom. The van der Waals surface area contributed by atoms with Crippen molar-refractivity contribution in [2.45, 2.75) is 44.8 Å². The second-order valence-electron chi connectivity index (χ2n) is 6.68. The van der Waals surface area contributed by atoms with Gasteiger partial charge in [-0.3, -0.25) is 0 Å². The van der Waals surface area contributed by atoms with Crippen LogP contribution in [0.2, 0.25) is 0 Å². The highest BCUT2D eigenvalue weighted by atomic mass is 16.5. The molecule has 3 nitrogen and oxygen atoms in total. The molecule has 1 N–H and O–H groups in total. The number of benzene rings is 1. The number of rotatable bonds is 4. The Balaban J connectivity index is 1.61. The van der Waals surface area contributed by atoms with Crippen molar-refractivity contribution in [1.82, 2.24) is 10.2 Å². The summed E-state index contributed by atoms with van der Waals surface area (Å²) in [5.74, 6) is 0. The van der Waals surface area contributed by atoms with Gasteiger partial charge in [-0.05, 0) is 44.2 Å². The normalized spacial score (nSPS) is 21.7. The van der Waals surface area contributed by atoms with Crippen molar-refractivity contribution < 1.29 is 4.74 Å². The largest absolute Gasteiger partial charge is 0.377 e. The number of hydrogen-bond acceptors (Lipinski definition) is 3. The quantitative estimate of drug-likeness (QED) is 0.921. The molecule has 0 aromatic heterocycles. The molecule has 0 amide bonds. The Bertz CT molecular complexity index is 464. The lowest BCUT2D eigenvalue weighted by molar-refractivity contribution is 0.0437. The molecular formula is C18H28N2O. The molecular weight excluding hydrogens is 260 g/mol. The summed E-state index contributed by atoms with van der Waals surface area (Å²) < 4.78 is 5.68. The fourth-order valence-electron chi connectivity index (χ4n) is 3.76. The average Bonchev–Trinajstić information content (AvgIpc) is 2.50. The highest BCUT2D eigenvalue weighted by Gasteiger charge is 2.38. The Morgan fingerprint density at radius 1 is 1.24 bits per heavy atom. The highest BCUT2D eigenvalue weighted by Crippen LogP contribution is 2.37. The zero-order chi connectivity index (χ0) is 14.7. The van der Waals surface area contributed by atoms with Crippen LogP contribution >= 0.6 is 0 Å². The lowest BCUT2D eigenvalue weighted by Gasteiger charge is -2.46. The third kappa shape index (κ3) is 3.31. The predicted molar refractivity (Wildman–Crippen MR) is 86.6 cm³/mol. The molecule has 1 aromatic rings. The molecule has 2 aliphatic heterocycles. The number of nitrogens with zero attached hydrogens (tertiary/aromatic N) is 1. The summed E-state index contributed by atoms with van der Waals surface area (Å²) in [4.78, 5) is 2.55. The molecule has 0 unspecified atom stereocenters. The van der Waals surface area contributed by atoms with Gasteiger partial charge in [0.2, 0.25) is 0 Å². The lowest BCUT2D eigenvalue weighted by atomic mass is 9.76. The number of ether oxygens (including phenoxy) is 1. The van der Waals surface area contributed by atoms with Gasteiger partial charge in [-0.1, -0.05) is 24.3 Å². The summed E-state index contributed by atoms with van der Waals surface area (Å²) in [6.07, 6.45) is 3.94. The van der Waals surface area contributed by atoms with Gasteiger partial charge in [0.05, 0.1) is 12.7 Å². The molecule has 0 aliphatic carbocycles. The molecule has 0 radical (unpaired) electrons. The fraction of sp³-hybridized carbons (Fsp3) is 0.667. The molecule has 1 aromatic carbocycles. The van der Waals surface area contributed by atoms with E-state index in [0.29, 0.717) is 6.10 Å². The van der Waals surface area contributed by atoms with Crippen molar-refractivity contribution in [3.8, 4) is 0 Å². The van der Waals surface area contributed by atoms with Gasteiger partial charge in [0.1, 0.15) is 0 Å². The van der Waals surface area contributed by atoms with Crippen LogP contribution in [0.1, 0.15) is 37.8 Å². The summed E-state index contributed by atoms with van der Waals surface area (Å²) in [6, 6.07) is 9.01. The van der Waals surface area contributed by atoms with Gasteiger partial charge in [-0.2, -0.15) is 0 Å². The molecule has 0 bridgehead atoms. The first-order chi connectivity index (χ1) is 10.2. The fourth-order valence-corrected chi connectivity index (χ4v) is 3.76. The molecule has 116 valence electrons. The molecule has 1 spiro atoms. The van der Waals surface area contributed by atoms with Crippen LogP contribution in [0.3, 0.4) is 0 Å². The third-order valence-electron chi connectivity index (χ3n) is 4.96. The minimum Gasteiger partial charge on any atom is -0.377 e. The molecule has 0 saturated carbocycles. The van der Waals surface area contributed by atoms with E-state index < -0.39 is 0 Å². The van der Waals surface area contributed by atoms with Crippen LogP contribution in [0.25, 0.3) is 0 Å². The maximum atomic E-state index is 5.68. The predicted octanol–water partition coefficient (Wildman–Crippen LogP) is 2.55. The monoisotopic (exact) mass is 288 g/mol. The Kier molecular flexibility index (Phi) is 4.63. The first-order valence-corrected chi connectivity index (χ1v) is 8.37. The SMILES string of the molecule is CC(C)OCCN1CCC2(CC1)NCCc1ccccc12. The van der Waals surface area contributed by atoms with E-state index in [0.717, 1.165) is 19.7 Å². The third-order valence-corrected chi connectivity index (χ3v) is 4.96. The summed E-state index contributed by atoms with van der Waals surface area (Å²) in [5, 5.41) is 3.83. The van der Waals surface area contributed by atoms with E-state index in [1.807, 2.05) is 0 Å². The van der Waals surface area contributed by atoms with E-state index in [-0.39, 0.29) is 5.54 Å². The van der Waals surface area contributed by atoms with Gasteiger partial charge >= 0.3 is 0 Å². The smallest absolute Gasteiger partial charge is 0.0596 e. The van der Waals surface area contributed by atoms with Crippen molar-refractivity contribution in [2.24, 2.45) is 0 Å². The molecule has 0 atom stereocenters. The molecule has 3 rings (SSSR count). The summed E-state index contributed by atoms with van der Waals surface area (Å²) in [6.45, 7) is 9.59. The van der Waals surface area contributed by atoms with Crippen LogP contribution in [0.15, 0.2) is 24.3 Å². The summed E-state index contributed by atoms with van der Waals surface area (Å²) in [5.41, 5.74) is 3.33. The lowest BCUT2D eigenvalue weighted by Crippen LogP contribution is -2.54. The van der Waals surface area contributed by atoms with E-state index in [9.17, 15) is 0 Å². The molecule has 2 heterocycles. The van der Waals surface area contributed by atoms with Gasteiger partial charge in [0.15, 0.2) is 0 Å². The first kappa shape index (κ1) is 15.0. The average molecular weight is 288 g/mol. The Hall–Kier alpha value is -0.900. The first-order valence-electron chi connectivity index (χ1n) is 8.37. The number of nitrogens with one attached hydrogen (secondary N) is 1. The summed E-state index contributed by atoms with van der Waals surface area (Å²) in [7, 11) is 0. The van der Waals surface area contributed by atoms with Crippen LogP contribution in [0, 0.1) is 0 Å². The summed E-state index contributed by atoms with van der Waals surface area (Å²) >= 11 is 0. The molecule has 1 fully saturated rings. The number of hydrogen-bond donors (Lipinski definition) is 1. The number of piperidine rings is 1. The second kappa shape index (κ2) is 6.47. The van der Waals surface area contributed by atoms with Crippen molar-refractivity contribution >= 4 is 0 Å². The van der Waals surface area contributed by atoms with Crippen LogP contribution in [0.4, 0.5) is 0 Å². The van der Waals surface area contributed by atoms with Gasteiger partial charge < -0.3 is 15.0 Å². The molecule has 1 saturated heterocycles. The number of fused-ring (bicyclic) bond motifs is 2. The van der Waals surface area contributed by atoms with Crippen molar-refractivity contribution in [3.05, 3.63) is 35.4 Å². The van der Waals surface area contributed by atoms with Gasteiger partial charge in [0.25, 0.3) is 0 Å². The number of likely N-dealkylation sites (tertiary alicyclic amines) is 1.